The number of carbonyl (C=O) groups is 2. The SMILES string of the molecule is Cc1nn(-c2ccc(C#N)c(NC3CC4=C(C3)CN(C(=O)OC(C)(C)C)C4)c2)c2c1C(=O)CC(C)(C)C2. The molecule has 8 heteroatoms. The maximum Gasteiger partial charge on any atom is 0.410 e. The molecule has 0 fully saturated rings. The van der Waals surface area contributed by atoms with E-state index in [1.165, 1.54) is 11.1 Å². The van der Waals surface area contributed by atoms with Gasteiger partial charge in [0.25, 0.3) is 0 Å². The molecule has 0 spiro atoms. The average Bonchev–Trinajstić information content (AvgIpc) is 3.43. The van der Waals surface area contributed by atoms with Gasteiger partial charge in [-0.2, -0.15) is 10.4 Å². The molecule has 2 aliphatic carbocycles. The third kappa shape index (κ3) is 4.87. The van der Waals surface area contributed by atoms with E-state index in [1.54, 1.807) is 4.90 Å². The van der Waals surface area contributed by atoms with Gasteiger partial charge in [0.2, 0.25) is 0 Å². The van der Waals surface area contributed by atoms with E-state index in [0.29, 0.717) is 25.1 Å². The number of hydrogen-bond donors (Lipinski definition) is 1. The number of ether oxygens (including phenoxy) is 1. The number of amides is 1. The number of fused-ring (bicyclic) bond motifs is 1. The first-order valence-corrected chi connectivity index (χ1v) is 12.9. The monoisotopic (exact) mass is 501 g/mol. The van der Waals surface area contributed by atoms with E-state index >= 15 is 0 Å². The standard InChI is InChI=1S/C29H35N5O3/c1-17-26-24(12-29(5,6)13-25(26)35)34(32-17)22-8-7-18(14-30)23(11-22)31-21-9-19-15-33(16-20(19)10-21)27(36)37-28(2,3)4/h7-8,11,21,31H,9-10,12-13,15-16H2,1-6H3. The molecule has 37 heavy (non-hydrogen) atoms. The van der Waals surface area contributed by atoms with Crippen LogP contribution in [0.3, 0.4) is 0 Å². The number of aromatic nitrogens is 2. The molecule has 0 bridgehead atoms. The minimum atomic E-state index is -0.512. The lowest BCUT2D eigenvalue weighted by Crippen LogP contribution is -2.36. The Labute approximate surface area is 218 Å². The number of nitriles is 1. The van der Waals surface area contributed by atoms with Gasteiger partial charge in [-0.25, -0.2) is 9.48 Å². The molecule has 5 rings (SSSR count). The summed E-state index contributed by atoms with van der Waals surface area (Å²) in [5, 5.41) is 18.1. The van der Waals surface area contributed by atoms with E-state index in [-0.39, 0.29) is 23.3 Å². The van der Waals surface area contributed by atoms with Gasteiger partial charge in [-0.3, -0.25) is 4.79 Å². The minimum absolute atomic E-state index is 0.120. The van der Waals surface area contributed by atoms with E-state index in [9.17, 15) is 14.9 Å². The Morgan fingerprint density at radius 1 is 1.19 bits per heavy atom. The summed E-state index contributed by atoms with van der Waals surface area (Å²) in [7, 11) is 0. The minimum Gasteiger partial charge on any atom is -0.444 e. The van der Waals surface area contributed by atoms with Crippen molar-refractivity contribution in [2.24, 2.45) is 5.41 Å². The van der Waals surface area contributed by atoms with Gasteiger partial charge in [-0.1, -0.05) is 13.8 Å². The van der Waals surface area contributed by atoms with E-state index in [0.717, 1.165) is 47.6 Å². The number of nitrogens with zero attached hydrogens (tertiary/aromatic N) is 4. The molecule has 3 aliphatic rings. The number of ketones is 1. The van der Waals surface area contributed by atoms with Gasteiger partial charge in [-0.05, 0) is 81.7 Å². The molecule has 8 nitrogen and oxygen atoms in total. The summed E-state index contributed by atoms with van der Waals surface area (Å²) in [4.78, 5) is 27.1. The van der Waals surface area contributed by atoms with Crippen LogP contribution in [0.1, 0.15) is 81.2 Å². The van der Waals surface area contributed by atoms with Crippen molar-refractivity contribution >= 4 is 17.6 Å². The number of nitrogens with one attached hydrogen (secondary N) is 1. The number of carbonyl (C=O) groups excluding carboxylic acids is 2. The van der Waals surface area contributed by atoms with Crippen molar-refractivity contribution in [2.75, 3.05) is 18.4 Å². The van der Waals surface area contributed by atoms with Crippen LogP contribution in [0, 0.1) is 23.7 Å². The summed E-state index contributed by atoms with van der Waals surface area (Å²) >= 11 is 0. The second kappa shape index (κ2) is 8.76. The molecule has 0 atom stereocenters. The highest BCUT2D eigenvalue weighted by Gasteiger charge is 2.37. The highest BCUT2D eigenvalue weighted by atomic mass is 16.6. The smallest absolute Gasteiger partial charge is 0.410 e. The molecule has 194 valence electrons. The lowest BCUT2D eigenvalue weighted by molar-refractivity contribution is 0.0296. The van der Waals surface area contributed by atoms with E-state index < -0.39 is 5.60 Å². The van der Waals surface area contributed by atoms with Crippen molar-refractivity contribution in [3.8, 4) is 11.8 Å². The summed E-state index contributed by atoms with van der Waals surface area (Å²) < 4.78 is 7.41. The Balaban J connectivity index is 1.34. The number of anilines is 1. The van der Waals surface area contributed by atoms with Gasteiger partial charge in [0.15, 0.2) is 5.78 Å². The molecule has 1 aromatic carbocycles. The van der Waals surface area contributed by atoms with Gasteiger partial charge in [0.1, 0.15) is 11.7 Å². The summed E-state index contributed by atoms with van der Waals surface area (Å²) in [6.45, 7) is 12.9. The second-order valence-corrected chi connectivity index (χ2v) is 12.4. The molecule has 0 saturated heterocycles. The molecule has 0 radical (unpaired) electrons. The highest BCUT2D eigenvalue weighted by Crippen LogP contribution is 2.38. The largest absolute Gasteiger partial charge is 0.444 e. The Bertz CT molecular complexity index is 1350. The molecule has 2 aromatic rings. The Kier molecular flexibility index (Phi) is 5.93. The zero-order valence-corrected chi connectivity index (χ0v) is 22.6. The van der Waals surface area contributed by atoms with E-state index in [2.05, 4.69) is 25.2 Å². The van der Waals surface area contributed by atoms with Crippen LogP contribution in [0.2, 0.25) is 0 Å². The number of hydrogen-bond acceptors (Lipinski definition) is 6. The number of benzene rings is 1. The highest BCUT2D eigenvalue weighted by molar-refractivity contribution is 5.99. The maximum absolute atomic E-state index is 12.8. The molecule has 0 saturated carbocycles. The second-order valence-electron chi connectivity index (χ2n) is 12.4. The molecule has 1 N–H and O–H groups in total. The summed E-state index contributed by atoms with van der Waals surface area (Å²) in [6.07, 6.45) is 2.67. The maximum atomic E-state index is 12.8. The number of aryl methyl sites for hydroxylation is 1. The van der Waals surface area contributed by atoms with Crippen molar-refractivity contribution < 1.29 is 14.3 Å². The predicted octanol–water partition coefficient (Wildman–Crippen LogP) is 5.33. The summed E-state index contributed by atoms with van der Waals surface area (Å²) in [6, 6.07) is 8.13. The van der Waals surface area contributed by atoms with Crippen LogP contribution in [0.4, 0.5) is 10.5 Å². The fraction of sp³-hybridized carbons (Fsp3) is 0.517. The Morgan fingerprint density at radius 2 is 1.86 bits per heavy atom. The van der Waals surface area contributed by atoms with Crippen LogP contribution in [0.25, 0.3) is 5.69 Å². The topological polar surface area (TPSA) is 100 Å². The average molecular weight is 502 g/mol. The molecule has 1 aromatic heterocycles. The number of Topliss-reactive ketones (excluding diaryl/α,β-unsaturated/α-hetero) is 1. The van der Waals surface area contributed by atoms with Gasteiger partial charge < -0.3 is 15.0 Å². The van der Waals surface area contributed by atoms with Crippen LogP contribution >= 0.6 is 0 Å². The van der Waals surface area contributed by atoms with Crippen LogP contribution in [0.15, 0.2) is 29.3 Å². The first kappa shape index (κ1) is 25.1. The first-order chi connectivity index (χ1) is 17.3. The van der Waals surface area contributed by atoms with E-state index in [1.807, 2.05) is 50.6 Å². The van der Waals surface area contributed by atoms with Crippen molar-refractivity contribution in [1.82, 2.24) is 14.7 Å². The molecular weight excluding hydrogens is 466 g/mol. The van der Waals surface area contributed by atoms with Crippen molar-refractivity contribution in [3.05, 3.63) is 51.9 Å². The normalized spacial score (nSPS) is 19.1. The molecule has 1 aliphatic heterocycles. The molecular formula is C29H35N5O3. The van der Waals surface area contributed by atoms with Crippen LogP contribution in [-0.4, -0.2) is 51.3 Å². The zero-order chi connectivity index (χ0) is 26.7. The number of rotatable bonds is 3. The van der Waals surface area contributed by atoms with Crippen LogP contribution in [0.5, 0.6) is 0 Å². The molecule has 1 amide bonds. The van der Waals surface area contributed by atoms with Crippen LogP contribution < -0.4 is 5.32 Å². The van der Waals surface area contributed by atoms with Crippen LogP contribution in [-0.2, 0) is 11.2 Å². The Hall–Kier alpha value is -3.60. The van der Waals surface area contributed by atoms with Gasteiger partial charge in [0, 0.05) is 25.6 Å². The fourth-order valence-electron chi connectivity index (χ4n) is 5.84. The van der Waals surface area contributed by atoms with Crippen molar-refractivity contribution in [3.63, 3.8) is 0 Å². The van der Waals surface area contributed by atoms with Gasteiger partial charge in [-0.15, -0.1) is 0 Å². The number of likely N-dealkylation sites (tertiary alicyclic amines) is 1. The lowest BCUT2D eigenvalue weighted by atomic mass is 9.75. The molecule has 2 heterocycles. The van der Waals surface area contributed by atoms with Gasteiger partial charge >= 0.3 is 6.09 Å². The van der Waals surface area contributed by atoms with E-state index in [4.69, 9.17) is 9.84 Å². The quantitative estimate of drug-likeness (QED) is 0.571. The molecule has 0 unspecified atom stereocenters. The summed E-state index contributed by atoms with van der Waals surface area (Å²) in [5.74, 6) is 0.147. The summed E-state index contributed by atoms with van der Waals surface area (Å²) in [5.41, 5.74) is 6.52. The van der Waals surface area contributed by atoms with Gasteiger partial charge in [0.05, 0.1) is 33.9 Å². The third-order valence-electron chi connectivity index (χ3n) is 7.35. The van der Waals surface area contributed by atoms with Crippen molar-refractivity contribution in [2.45, 2.75) is 78.9 Å². The fourth-order valence-corrected chi connectivity index (χ4v) is 5.84. The predicted molar refractivity (Wildman–Crippen MR) is 141 cm³/mol. The third-order valence-corrected chi connectivity index (χ3v) is 7.35. The Morgan fingerprint density at radius 3 is 2.49 bits per heavy atom. The van der Waals surface area contributed by atoms with Crippen molar-refractivity contribution in [1.29, 1.82) is 5.26 Å². The lowest BCUT2D eigenvalue weighted by Gasteiger charge is -2.29. The zero-order valence-electron chi connectivity index (χ0n) is 22.6. The first-order valence-electron chi connectivity index (χ1n) is 12.9.